The zero-order chi connectivity index (χ0) is 10.8. The quantitative estimate of drug-likeness (QED) is 0.631. The van der Waals surface area contributed by atoms with Crippen LogP contribution in [0.5, 0.6) is 0 Å². The van der Waals surface area contributed by atoms with E-state index >= 15 is 0 Å². The van der Waals surface area contributed by atoms with E-state index in [0.29, 0.717) is 24.1 Å². The maximum Gasteiger partial charge on any atom is 0.312 e. The van der Waals surface area contributed by atoms with Gasteiger partial charge < -0.3 is 9.67 Å². The summed E-state index contributed by atoms with van der Waals surface area (Å²) in [5.74, 6) is 0. The van der Waals surface area contributed by atoms with E-state index in [2.05, 4.69) is 15.0 Å². The minimum absolute atomic E-state index is 0.000230. The van der Waals surface area contributed by atoms with E-state index in [0.717, 1.165) is 0 Å². The van der Waals surface area contributed by atoms with Crippen molar-refractivity contribution in [2.45, 2.75) is 13.0 Å². The number of aliphatic hydroxyl groups excluding tert-OH is 1. The summed E-state index contributed by atoms with van der Waals surface area (Å²) in [4.78, 5) is 10.9. The maximum atomic E-state index is 12.9. The number of halogens is 2. The fraction of sp³-hybridized carbons (Fsp3) is 0.375. The molecule has 0 spiro atoms. The summed E-state index contributed by atoms with van der Waals surface area (Å²) in [6.07, 6.45) is 1.17. The van der Waals surface area contributed by atoms with Gasteiger partial charge in [0.25, 0.3) is 0 Å². The first-order chi connectivity index (χ1) is 7.22. The number of hydrogen-bond donors (Lipinski definition) is 1. The van der Waals surface area contributed by atoms with E-state index in [1.54, 1.807) is 4.57 Å². The van der Waals surface area contributed by atoms with Crippen LogP contribution in [0.3, 0.4) is 0 Å². The highest BCUT2D eigenvalue weighted by Crippen LogP contribution is 2.18. The molecule has 0 unspecified atom stereocenters. The molecule has 2 heterocycles. The maximum absolute atomic E-state index is 12.9. The van der Waals surface area contributed by atoms with Crippen LogP contribution < -0.4 is 0 Å². The van der Waals surface area contributed by atoms with Crippen LogP contribution in [0.25, 0.3) is 11.2 Å². The molecule has 0 bridgehead atoms. The van der Waals surface area contributed by atoms with Crippen molar-refractivity contribution in [1.29, 1.82) is 0 Å². The lowest BCUT2D eigenvalue weighted by molar-refractivity contribution is 0.280. The molecule has 2 aromatic rings. The molecular formula is C8H8ClFN4O. The van der Waals surface area contributed by atoms with Gasteiger partial charge in [0, 0.05) is 13.2 Å². The second-order valence-electron chi connectivity index (χ2n) is 2.97. The van der Waals surface area contributed by atoms with Gasteiger partial charge in [0.15, 0.2) is 10.8 Å². The summed E-state index contributed by atoms with van der Waals surface area (Å²) in [6.45, 7) is 0.570. The van der Waals surface area contributed by atoms with Crippen molar-refractivity contribution in [3.63, 3.8) is 0 Å². The van der Waals surface area contributed by atoms with E-state index in [1.165, 1.54) is 6.33 Å². The van der Waals surface area contributed by atoms with Crippen LogP contribution in [0.1, 0.15) is 6.42 Å². The molecule has 0 aliphatic carbocycles. The number of fused-ring (bicyclic) bond motifs is 1. The third-order valence-electron chi connectivity index (χ3n) is 1.95. The Morgan fingerprint density at radius 2 is 2.27 bits per heavy atom. The first-order valence-electron chi connectivity index (χ1n) is 4.37. The Kier molecular flexibility index (Phi) is 2.79. The van der Waals surface area contributed by atoms with E-state index in [9.17, 15) is 4.39 Å². The lowest BCUT2D eigenvalue weighted by Gasteiger charge is -2.01. The van der Waals surface area contributed by atoms with Gasteiger partial charge in [-0.2, -0.15) is 14.4 Å². The van der Waals surface area contributed by atoms with Gasteiger partial charge in [0.1, 0.15) is 5.52 Å². The predicted octanol–water partition coefficient (Wildman–Crippen LogP) is 1.00. The number of nitrogens with zero attached hydrogens (tertiary/aromatic N) is 4. The van der Waals surface area contributed by atoms with Gasteiger partial charge in [-0.25, -0.2) is 4.98 Å². The Balaban J connectivity index is 2.49. The fourth-order valence-electron chi connectivity index (χ4n) is 1.29. The van der Waals surface area contributed by atoms with Crippen LogP contribution >= 0.6 is 11.6 Å². The van der Waals surface area contributed by atoms with E-state index in [4.69, 9.17) is 16.7 Å². The average Bonchev–Trinajstić information content (AvgIpc) is 2.58. The SMILES string of the molecule is OCCCn1cnc2c(Cl)nc(F)nc21. The molecule has 0 radical (unpaired) electrons. The Bertz CT molecular complexity index is 487. The highest BCUT2D eigenvalue weighted by atomic mass is 35.5. The van der Waals surface area contributed by atoms with Crippen LogP contribution in [0.4, 0.5) is 4.39 Å². The number of imidazole rings is 1. The molecule has 0 saturated heterocycles. The summed E-state index contributed by atoms with van der Waals surface area (Å²) < 4.78 is 14.5. The molecule has 0 saturated carbocycles. The molecule has 15 heavy (non-hydrogen) atoms. The first kappa shape index (κ1) is 10.3. The Morgan fingerprint density at radius 1 is 1.47 bits per heavy atom. The van der Waals surface area contributed by atoms with Crippen LogP contribution in [-0.2, 0) is 6.54 Å². The van der Waals surface area contributed by atoms with E-state index in [-0.39, 0.29) is 11.8 Å². The molecule has 0 aromatic carbocycles. The minimum atomic E-state index is -0.877. The van der Waals surface area contributed by atoms with Crippen molar-refractivity contribution < 1.29 is 9.50 Å². The monoisotopic (exact) mass is 230 g/mol. The number of aryl methyl sites for hydroxylation is 1. The molecule has 0 aliphatic rings. The second kappa shape index (κ2) is 4.08. The third-order valence-corrected chi connectivity index (χ3v) is 2.21. The van der Waals surface area contributed by atoms with Gasteiger partial charge in [0.05, 0.1) is 6.33 Å². The molecule has 80 valence electrons. The van der Waals surface area contributed by atoms with E-state index in [1.807, 2.05) is 0 Å². The van der Waals surface area contributed by atoms with Crippen LogP contribution in [-0.4, -0.2) is 31.2 Å². The molecule has 0 aliphatic heterocycles. The molecule has 0 amide bonds. The van der Waals surface area contributed by atoms with Gasteiger partial charge in [-0.15, -0.1) is 0 Å². The van der Waals surface area contributed by atoms with Crippen molar-refractivity contribution in [3.8, 4) is 0 Å². The normalized spacial score (nSPS) is 11.1. The third kappa shape index (κ3) is 1.91. The summed E-state index contributed by atoms with van der Waals surface area (Å²) in [5.41, 5.74) is 0.719. The molecule has 7 heteroatoms. The molecule has 0 atom stereocenters. The van der Waals surface area contributed by atoms with Crippen LogP contribution in [0.2, 0.25) is 5.15 Å². The summed E-state index contributed by atoms with van der Waals surface area (Å²) in [7, 11) is 0. The van der Waals surface area contributed by atoms with Crippen LogP contribution in [0, 0.1) is 6.08 Å². The minimum Gasteiger partial charge on any atom is -0.396 e. The second-order valence-corrected chi connectivity index (χ2v) is 3.33. The summed E-state index contributed by atoms with van der Waals surface area (Å²) in [6, 6.07) is 0. The average molecular weight is 231 g/mol. The molecular weight excluding hydrogens is 223 g/mol. The number of aliphatic hydroxyl groups is 1. The van der Waals surface area contributed by atoms with Crippen molar-refractivity contribution >= 4 is 22.8 Å². The Morgan fingerprint density at radius 3 is 3.00 bits per heavy atom. The van der Waals surface area contributed by atoms with Crippen molar-refractivity contribution in [2.24, 2.45) is 0 Å². The van der Waals surface area contributed by atoms with Gasteiger partial charge in [-0.05, 0) is 6.42 Å². The largest absolute Gasteiger partial charge is 0.396 e. The lowest BCUT2D eigenvalue weighted by Crippen LogP contribution is -2.01. The Hall–Kier alpha value is -1.27. The van der Waals surface area contributed by atoms with Crippen molar-refractivity contribution in [1.82, 2.24) is 19.5 Å². The van der Waals surface area contributed by atoms with Crippen LogP contribution in [0.15, 0.2) is 6.33 Å². The topological polar surface area (TPSA) is 63.8 Å². The lowest BCUT2D eigenvalue weighted by atomic mass is 10.4. The highest BCUT2D eigenvalue weighted by Gasteiger charge is 2.10. The molecule has 5 nitrogen and oxygen atoms in total. The zero-order valence-corrected chi connectivity index (χ0v) is 8.45. The van der Waals surface area contributed by atoms with Crippen molar-refractivity contribution in [2.75, 3.05) is 6.61 Å². The predicted molar refractivity (Wildman–Crippen MR) is 52.0 cm³/mol. The van der Waals surface area contributed by atoms with Gasteiger partial charge in [-0.3, -0.25) is 0 Å². The molecule has 2 aromatic heterocycles. The number of aromatic nitrogens is 4. The molecule has 2 rings (SSSR count). The smallest absolute Gasteiger partial charge is 0.312 e. The van der Waals surface area contributed by atoms with Crippen molar-refractivity contribution in [3.05, 3.63) is 17.6 Å². The fourth-order valence-corrected chi connectivity index (χ4v) is 1.49. The first-order valence-corrected chi connectivity index (χ1v) is 4.75. The molecule has 0 fully saturated rings. The number of hydrogen-bond acceptors (Lipinski definition) is 4. The number of rotatable bonds is 3. The summed E-state index contributed by atoms with van der Waals surface area (Å²) in [5, 5.41) is 8.68. The van der Waals surface area contributed by atoms with E-state index < -0.39 is 6.08 Å². The molecule has 1 N–H and O–H groups in total. The highest BCUT2D eigenvalue weighted by molar-refractivity contribution is 6.33. The van der Waals surface area contributed by atoms with Gasteiger partial charge in [0.2, 0.25) is 0 Å². The van der Waals surface area contributed by atoms with Gasteiger partial charge >= 0.3 is 6.08 Å². The standard InChI is InChI=1S/C8H8ClFN4O/c9-6-5-7(13-8(10)12-6)14(4-11-5)2-1-3-15/h4,15H,1-3H2. The van der Waals surface area contributed by atoms with Gasteiger partial charge in [-0.1, -0.05) is 11.6 Å². The summed E-state index contributed by atoms with van der Waals surface area (Å²) >= 11 is 5.69. The zero-order valence-electron chi connectivity index (χ0n) is 7.69. The Labute approximate surface area is 89.5 Å².